The summed E-state index contributed by atoms with van der Waals surface area (Å²) < 4.78 is 0. The molecule has 0 heterocycles. The molecular formula is C17H21NO. The van der Waals surface area contributed by atoms with Crippen LogP contribution in [0, 0.1) is 0 Å². The molecule has 0 saturated carbocycles. The second-order valence-electron chi connectivity index (χ2n) is 4.69. The quantitative estimate of drug-likeness (QED) is 0.761. The second kappa shape index (κ2) is 7.72. The van der Waals surface area contributed by atoms with Crippen LogP contribution in [-0.2, 0) is 17.9 Å². The van der Waals surface area contributed by atoms with Crippen LogP contribution in [0.2, 0.25) is 0 Å². The SMILES string of the molecule is CCC(Cc1ccccc1)NOCc1ccccc1. The standard InChI is InChI=1S/C17H21NO/c1-2-17(13-15-9-5-3-6-10-15)18-19-14-16-11-7-4-8-12-16/h3-12,17-18H,2,13-14H2,1H3. The van der Waals surface area contributed by atoms with Crippen LogP contribution in [0.25, 0.3) is 0 Å². The zero-order chi connectivity index (χ0) is 13.3. The van der Waals surface area contributed by atoms with Crippen LogP contribution in [0.5, 0.6) is 0 Å². The van der Waals surface area contributed by atoms with Gasteiger partial charge in [0.1, 0.15) is 0 Å². The van der Waals surface area contributed by atoms with Gasteiger partial charge in [-0.05, 0) is 24.0 Å². The van der Waals surface area contributed by atoms with Gasteiger partial charge in [0.05, 0.1) is 6.61 Å². The second-order valence-corrected chi connectivity index (χ2v) is 4.69. The summed E-state index contributed by atoms with van der Waals surface area (Å²) in [7, 11) is 0. The number of hydroxylamine groups is 1. The monoisotopic (exact) mass is 255 g/mol. The van der Waals surface area contributed by atoms with Gasteiger partial charge in [0.2, 0.25) is 0 Å². The molecule has 2 nitrogen and oxygen atoms in total. The molecule has 0 aliphatic carbocycles. The molecule has 0 bridgehead atoms. The predicted octanol–water partition coefficient (Wildman–Crippen LogP) is 3.73. The minimum absolute atomic E-state index is 0.353. The molecule has 2 heteroatoms. The van der Waals surface area contributed by atoms with Crippen LogP contribution in [0.4, 0.5) is 0 Å². The largest absolute Gasteiger partial charge is 0.297 e. The molecular weight excluding hydrogens is 234 g/mol. The van der Waals surface area contributed by atoms with E-state index in [0.29, 0.717) is 12.6 Å². The highest BCUT2D eigenvalue weighted by Crippen LogP contribution is 2.06. The molecule has 0 fully saturated rings. The summed E-state index contributed by atoms with van der Waals surface area (Å²) in [6.45, 7) is 2.78. The van der Waals surface area contributed by atoms with Gasteiger partial charge in [0.25, 0.3) is 0 Å². The Labute approximate surface area is 115 Å². The van der Waals surface area contributed by atoms with Crippen LogP contribution in [0.15, 0.2) is 60.7 Å². The van der Waals surface area contributed by atoms with E-state index in [-0.39, 0.29) is 0 Å². The fourth-order valence-electron chi connectivity index (χ4n) is 1.99. The molecule has 100 valence electrons. The Morgan fingerprint density at radius 3 is 2.05 bits per heavy atom. The third-order valence-corrected chi connectivity index (χ3v) is 3.15. The Kier molecular flexibility index (Phi) is 5.60. The molecule has 0 spiro atoms. The van der Waals surface area contributed by atoms with E-state index in [0.717, 1.165) is 12.8 Å². The van der Waals surface area contributed by atoms with Crippen molar-refractivity contribution < 1.29 is 4.84 Å². The maximum Gasteiger partial charge on any atom is 0.0933 e. The summed E-state index contributed by atoms with van der Waals surface area (Å²) in [5.74, 6) is 0. The zero-order valence-electron chi connectivity index (χ0n) is 11.4. The third-order valence-electron chi connectivity index (χ3n) is 3.15. The van der Waals surface area contributed by atoms with Crippen molar-refractivity contribution in [1.82, 2.24) is 5.48 Å². The average Bonchev–Trinajstić information content (AvgIpc) is 2.48. The number of hydrogen-bond donors (Lipinski definition) is 1. The lowest BCUT2D eigenvalue weighted by Crippen LogP contribution is -2.30. The third kappa shape index (κ3) is 4.86. The first-order valence-corrected chi connectivity index (χ1v) is 6.83. The maximum atomic E-state index is 5.59. The minimum atomic E-state index is 0.353. The Hall–Kier alpha value is -1.64. The van der Waals surface area contributed by atoms with Gasteiger partial charge in [-0.25, -0.2) is 0 Å². The van der Waals surface area contributed by atoms with Crippen molar-refractivity contribution in [1.29, 1.82) is 0 Å². The van der Waals surface area contributed by atoms with E-state index < -0.39 is 0 Å². The van der Waals surface area contributed by atoms with Crippen molar-refractivity contribution in [3.8, 4) is 0 Å². The molecule has 1 N–H and O–H groups in total. The lowest BCUT2D eigenvalue weighted by Gasteiger charge is -2.16. The summed E-state index contributed by atoms with van der Waals surface area (Å²) in [6.07, 6.45) is 2.04. The van der Waals surface area contributed by atoms with Crippen molar-refractivity contribution in [2.45, 2.75) is 32.4 Å². The molecule has 0 aliphatic rings. The Morgan fingerprint density at radius 2 is 1.47 bits per heavy atom. The molecule has 19 heavy (non-hydrogen) atoms. The van der Waals surface area contributed by atoms with Gasteiger partial charge in [-0.3, -0.25) is 4.84 Å². The van der Waals surface area contributed by atoms with Gasteiger partial charge in [0, 0.05) is 6.04 Å². The van der Waals surface area contributed by atoms with Gasteiger partial charge >= 0.3 is 0 Å². The summed E-state index contributed by atoms with van der Waals surface area (Å²) in [5, 5.41) is 0. The number of hydrogen-bond acceptors (Lipinski definition) is 2. The molecule has 2 rings (SSSR count). The van der Waals surface area contributed by atoms with Gasteiger partial charge in [0.15, 0.2) is 0 Å². The Bertz CT molecular complexity index is 455. The Morgan fingerprint density at radius 1 is 0.895 bits per heavy atom. The van der Waals surface area contributed by atoms with Gasteiger partial charge in [-0.1, -0.05) is 67.6 Å². The fourth-order valence-corrected chi connectivity index (χ4v) is 1.99. The van der Waals surface area contributed by atoms with Crippen LogP contribution in [-0.4, -0.2) is 6.04 Å². The number of rotatable bonds is 7. The normalized spacial score (nSPS) is 12.3. The lowest BCUT2D eigenvalue weighted by molar-refractivity contribution is 0.00277. The van der Waals surface area contributed by atoms with Gasteiger partial charge in [-0.15, -0.1) is 0 Å². The van der Waals surface area contributed by atoms with E-state index in [1.165, 1.54) is 11.1 Å². The van der Waals surface area contributed by atoms with E-state index in [9.17, 15) is 0 Å². The lowest BCUT2D eigenvalue weighted by atomic mass is 10.1. The van der Waals surface area contributed by atoms with E-state index in [2.05, 4.69) is 48.8 Å². The van der Waals surface area contributed by atoms with Gasteiger partial charge < -0.3 is 0 Å². The van der Waals surface area contributed by atoms with Crippen molar-refractivity contribution in [3.05, 3.63) is 71.8 Å². The van der Waals surface area contributed by atoms with Crippen LogP contribution in [0.3, 0.4) is 0 Å². The summed E-state index contributed by atoms with van der Waals surface area (Å²) in [5.41, 5.74) is 5.69. The highest BCUT2D eigenvalue weighted by Gasteiger charge is 2.06. The van der Waals surface area contributed by atoms with E-state index >= 15 is 0 Å². The first kappa shape index (κ1) is 13.8. The van der Waals surface area contributed by atoms with Crippen LogP contribution < -0.4 is 5.48 Å². The van der Waals surface area contributed by atoms with Gasteiger partial charge in [-0.2, -0.15) is 5.48 Å². The average molecular weight is 255 g/mol. The molecule has 0 aromatic heterocycles. The maximum absolute atomic E-state index is 5.59. The van der Waals surface area contributed by atoms with Crippen LogP contribution in [0.1, 0.15) is 24.5 Å². The van der Waals surface area contributed by atoms with Crippen molar-refractivity contribution in [2.24, 2.45) is 0 Å². The van der Waals surface area contributed by atoms with Crippen molar-refractivity contribution in [2.75, 3.05) is 0 Å². The molecule has 2 aromatic rings. The highest BCUT2D eigenvalue weighted by molar-refractivity contribution is 5.16. The van der Waals surface area contributed by atoms with E-state index in [4.69, 9.17) is 4.84 Å². The molecule has 1 atom stereocenters. The van der Waals surface area contributed by atoms with E-state index in [1.807, 2.05) is 24.3 Å². The smallest absolute Gasteiger partial charge is 0.0933 e. The zero-order valence-corrected chi connectivity index (χ0v) is 11.4. The Balaban J connectivity index is 1.77. The topological polar surface area (TPSA) is 21.3 Å². The summed E-state index contributed by atoms with van der Waals surface area (Å²) in [4.78, 5) is 5.59. The molecule has 0 aliphatic heterocycles. The van der Waals surface area contributed by atoms with Crippen LogP contribution >= 0.6 is 0 Å². The fraction of sp³-hybridized carbons (Fsp3) is 0.294. The molecule has 0 amide bonds. The minimum Gasteiger partial charge on any atom is -0.297 e. The van der Waals surface area contributed by atoms with Crippen molar-refractivity contribution >= 4 is 0 Å². The molecule has 0 saturated heterocycles. The highest BCUT2D eigenvalue weighted by atomic mass is 16.6. The predicted molar refractivity (Wildman–Crippen MR) is 78.6 cm³/mol. The first-order chi connectivity index (χ1) is 9.38. The first-order valence-electron chi connectivity index (χ1n) is 6.83. The molecule has 2 aromatic carbocycles. The molecule has 1 unspecified atom stereocenters. The van der Waals surface area contributed by atoms with Crippen molar-refractivity contribution in [3.63, 3.8) is 0 Å². The number of benzene rings is 2. The van der Waals surface area contributed by atoms with E-state index in [1.54, 1.807) is 0 Å². The number of nitrogens with one attached hydrogen (secondary N) is 1. The summed E-state index contributed by atoms with van der Waals surface area (Å²) >= 11 is 0. The molecule has 0 radical (unpaired) electrons. The summed E-state index contributed by atoms with van der Waals surface area (Å²) in [6, 6.07) is 21.1.